The van der Waals surface area contributed by atoms with E-state index in [0.29, 0.717) is 5.69 Å². The van der Waals surface area contributed by atoms with Crippen LogP contribution in [0.5, 0.6) is 0 Å². The van der Waals surface area contributed by atoms with Gasteiger partial charge in [0.2, 0.25) is 5.91 Å². The normalized spacial score (nSPS) is 21.6. The highest BCUT2D eigenvalue weighted by Gasteiger charge is 2.44. The van der Waals surface area contributed by atoms with E-state index in [2.05, 4.69) is 17.3 Å². The second kappa shape index (κ2) is 3.90. The summed E-state index contributed by atoms with van der Waals surface area (Å²) in [4.78, 5) is 14.7. The summed E-state index contributed by atoms with van der Waals surface area (Å²) in [6.07, 6.45) is 4.29. The average Bonchev–Trinajstić information content (AvgIpc) is 2.75. The van der Waals surface area contributed by atoms with Gasteiger partial charge in [-0.05, 0) is 31.0 Å². The van der Waals surface area contributed by atoms with Crippen molar-refractivity contribution in [3.05, 3.63) is 18.2 Å². The Labute approximate surface area is 107 Å². The molecule has 0 atom stereocenters. The maximum absolute atomic E-state index is 12.5. The molecule has 1 spiro atoms. The SMILES string of the molecule is CN1CC2(CCCC2)C(=O)Nc2cc(N)ccc21. The lowest BCUT2D eigenvalue weighted by Gasteiger charge is -2.29. The Kier molecular flexibility index (Phi) is 2.47. The molecule has 1 aromatic rings. The summed E-state index contributed by atoms with van der Waals surface area (Å²) in [6, 6.07) is 5.71. The Morgan fingerprint density at radius 2 is 2.06 bits per heavy atom. The van der Waals surface area contributed by atoms with Crippen LogP contribution in [0.4, 0.5) is 17.1 Å². The molecule has 1 fully saturated rings. The fourth-order valence-electron chi connectivity index (χ4n) is 3.29. The summed E-state index contributed by atoms with van der Waals surface area (Å²) in [6.45, 7) is 0.801. The number of nitrogen functional groups attached to an aromatic ring is 1. The van der Waals surface area contributed by atoms with Gasteiger partial charge in [0, 0.05) is 19.3 Å². The van der Waals surface area contributed by atoms with Crippen molar-refractivity contribution in [2.24, 2.45) is 5.41 Å². The molecular formula is C14H19N3O. The lowest BCUT2D eigenvalue weighted by molar-refractivity contribution is -0.124. The van der Waals surface area contributed by atoms with E-state index in [1.54, 1.807) is 0 Å². The number of carbonyl (C=O) groups excluding carboxylic acids is 1. The molecule has 0 bridgehead atoms. The van der Waals surface area contributed by atoms with Gasteiger partial charge in [-0.25, -0.2) is 0 Å². The summed E-state index contributed by atoms with van der Waals surface area (Å²) in [5.41, 5.74) is 8.17. The standard InChI is InChI=1S/C14H19N3O/c1-17-9-14(6-2-3-7-14)13(18)16-11-8-10(15)4-5-12(11)17/h4-5,8H,2-3,6-7,9,15H2,1H3,(H,16,18). The van der Waals surface area contributed by atoms with Crippen LogP contribution in [0.15, 0.2) is 18.2 Å². The molecule has 0 radical (unpaired) electrons. The number of hydrogen-bond acceptors (Lipinski definition) is 3. The lowest BCUT2D eigenvalue weighted by atomic mass is 9.85. The molecule has 4 heteroatoms. The molecule has 3 rings (SSSR count). The maximum Gasteiger partial charge on any atom is 0.232 e. The molecule has 96 valence electrons. The second-order valence-corrected chi connectivity index (χ2v) is 5.57. The zero-order valence-electron chi connectivity index (χ0n) is 10.7. The molecule has 1 heterocycles. The minimum Gasteiger partial charge on any atom is -0.399 e. The topological polar surface area (TPSA) is 58.4 Å². The van der Waals surface area contributed by atoms with Crippen molar-refractivity contribution in [3.63, 3.8) is 0 Å². The van der Waals surface area contributed by atoms with Crippen molar-refractivity contribution in [2.45, 2.75) is 25.7 Å². The number of nitrogens with one attached hydrogen (secondary N) is 1. The summed E-state index contributed by atoms with van der Waals surface area (Å²) in [5.74, 6) is 0.163. The van der Waals surface area contributed by atoms with Crippen LogP contribution >= 0.6 is 0 Å². The average molecular weight is 245 g/mol. The van der Waals surface area contributed by atoms with Crippen molar-refractivity contribution in [3.8, 4) is 0 Å². The molecular weight excluding hydrogens is 226 g/mol. The molecule has 1 saturated carbocycles. The van der Waals surface area contributed by atoms with E-state index in [1.165, 1.54) is 0 Å². The molecule has 0 aromatic heterocycles. The van der Waals surface area contributed by atoms with E-state index in [1.807, 2.05) is 18.2 Å². The molecule has 1 amide bonds. The van der Waals surface area contributed by atoms with E-state index >= 15 is 0 Å². The zero-order valence-corrected chi connectivity index (χ0v) is 10.7. The highest BCUT2D eigenvalue weighted by Crippen LogP contribution is 2.44. The monoisotopic (exact) mass is 245 g/mol. The molecule has 2 aliphatic rings. The third-order valence-electron chi connectivity index (χ3n) is 4.26. The number of carbonyl (C=O) groups is 1. The summed E-state index contributed by atoms with van der Waals surface area (Å²) in [5, 5.41) is 3.07. The summed E-state index contributed by atoms with van der Waals surface area (Å²) < 4.78 is 0. The second-order valence-electron chi connectivity index (χ2n) is 5.57. The number of nitrogens with two attached hydrogens (primary N) is 1. The molecule has 0 unspecified atom stereocenters. The third kappa shape index (κ3) is 1.64. The highest BCUT2D eigenvalue weighted by molar-refractivity contribution is 6.00. The van der Waals surface area contributed by atoms with Gasteiger partial charge in [0.05, 0.1) is 16.8 Å². The largest absolute Gasteiger partial charge is 0.399 e. The quantitative estimate of drug-likeness (QED) is 0.689. The molecule has 1 aliphatic heterocycles. The Morgan fingerprint density at radius 1 is 1.33 bits per heavy atom. The van der Waals surface area contributed by atoms with Crippen molar-refractivity contribution in [1.82, 2.24) is 0 Å². The van der Waals surface area contributed by atoms with Gasteiger partial charge >= 0.3 is 0 Å². The van der Waals surface area contributed by atoms with Crippen LogP contribution in [-0.2, 0) is 4.79 Å². The van der Waals surface area contributed by atoms with Crippen LogP contribution in [0.2, 0.25) is 0 Å². The van der Waals surface area contributed by atoms with Gasteiger partial charge in [-0.1, -0.05) is 12.8 Å². The minimum atomic E-state index is -0.206. The smallest absolute Gasteiger partial charge is 0.232 e. The molecule has 1 aliphatic carbocycles. The fraction of sp³-hybridized carbons (Fsp3) is 0.500. The Balaban J connectivity index is 2.03. The number of rotatable bonds is 0. The third-order valence-corrected chi connectivity index (χ3v) is 4.26. The van der Waals surface area contributed by atoms with Crippen LogP contribution in [0.1, 0.15) is 25.7 Å². The molecule has 1 aromatic carbocycles. The number of benzene rings is 1. The van der Waals surface area contributed by atoms with Crippen molar-refractivity contribution in [2.75, 3.05) is 29.5 Å². The van der Waals surface area contributed by atoms with E-state index in [0.717, 1.165) is 43.6 Å². The van der Waals surface area contributed by atoms with E-state index in [4.69, 9.17) is 5.73 Å². The summed E-state index contributed by atoms with van der Waals surface area (Å²) in [7, 11) is 2.05. The predicted molar refractivity (Wildman–Crippen MR) is 73.7 cm³/mol. The number of anilines is 3. The van der Waals surface area contributed by atoms with Gasteiger partial charge < -0.3 is 16.0 Å². The number of amides is 1. The predicted octanol–water partition coefficient (Wildman–Crippen LogP) is 2.22. The van der Waals surface area contributed by atoms with Gasteiger partial charge in [-0.3, -0.25) is 4.79 Å². The summed E-state index contributed by atoms with van der Waals surface area (Å²) >= 11 is 0. The van der Waals surface area contributed by atoms with Crippen molar-refractivity contribution >= 4 is 23.0 Å². The molecule has 0 saturated heterocycles. The van der Waals surface area contributed by atoms with Gasteiger partial charge in [0.15, 0.2) is 0 Å². The van der Waals surface area contributed by atoms with Crippen LogP contribution in [0.3, 0.4) is 0 Å². The van der Waals surface area contributed by atoms with E-state index in [-0.39, 0.29) is 11.3 Å². The maximum atomic E-state index is 12.5. The van der Waals surface area contributed by atoms with Crippen LogP contribution in [0.25, 0.3) is 0 Å². The van der Waals surface area contributed by atoms with Gasteiger partial charge in [-0.15, -0.1) is 0 Å². The fourth-order valence-corrected chi connectivity index (χ4v) is 3.29. The first-order valence-corrected chi connectivity index (χ1v) is 6.53. The molecule has 18 heavy (non-hydrogen) atoms. The van der Waals surface area contributed by atoms with Crippen molar-refractivity contribution in [1.29, 1.82) is 0 Å². The van der Waals surface area contributed by atoms with Gasteiger partial charge in [0.1, 0.15) is 0 Å². The van der Waals surface area contributed by atoms with Gasteiger partial charge in [0.25, 0.3) is 0 Å². The number of hydrogen-bond donors (Lipinski definition) is 2. The Hall–Kier alpha value is -1.71. The van der Waals surface area contributed by atoms with E-state index < -0.39 is 0 Å². The first-order chi connectivity index (χ1) is 8.61. The van der Waals surface area contributed by atoms with Crippen LogP contribution in [-0.4, -0.2) is 19.5 Å². The van der Waals surface area contributed by atoms with Gasteiger partial charge in [-0.2, -0.15) is 0 Å². The minimum absolute atomic E-state index is 0.163. The lowest BCUT2D eigenvalue weighted by Crippen LogP contribution is -2.40. The number of fused-ring (bicyclic) bond motifs is 1. The number of nitrogens with zero attached hydrogens (tertiary/aromatic N) is 1. The first-order valence-electron chi connectivity index (χ1n) is 6.53. The van der Waals surface area contributed by atoms with Crippen molar-refractivity contribution < 1.29 is 4.79 Å². The van der Waals surface area contributed by atoms with E-state index in [9.17, 15) is 4.79 Å². The van der Waals surface area contributed by atoms with Crippen LogP contribution < -0.4 is 16.0 Å². The first kappa shape index (κ1) is 11.4. The van der Waals surface area contributed by atoms with Crippen LogP contribution in [0, 0.1) is 5.41 Å². The molecule has 3 N–H and O–H groups in total. The molecule has 4 nitrogen and oxygen atoms in total. The zero-order chi connectivity index (χ0) is 12.8. The highest BCUT2D eigenvalue weighted by atomic mass is 16.2. The Morgan fingerprint density at radius 3 is 2.78 bits per heavy atom. The Bertz CT molecular complexity index is 492.